The van der Waals surface area contributed by atoms with E-state index < -0.39 is 0 Å². The lowest BCUT2D eigenvalue weighted by Crippen LogP contribution is -1.87. The number of hydrogen-bond donors (Lipinski definition) is 0. The average molecular weight is 188 g/mol. The van der Waals surface area contributed by atoms with E-state index in [1.54, 1.807) is 6.20 Å². The van der Waals surface area contributed by atoms with E-state index in [-0.39, 0.29) is 9.70 Å². The van der Waals surface area contributed by atoms with Crippen molar-refractivity contribution in [3.8, 4) is 0 Å². The van der Waals surface area contributed by atoms with Gasteiger partial charge >= 0.3 is 0 Å². The molecule has 0 aliphatic heterocycles. The highest BCUT2D eigenvalue weighted by Gasteiger charge is 1.91. The first-order valence-corrected chi connectivity index (χ1v) is 5.73. The topological polar surface area (TPSA) is 12.9 Å². The van der Waals surface area contributed by atoms with Crippen molar-refractivity contribution in [3.63, 3.8) is 0 Å². The predicted octanol–water partition coefficient (Wildman–Crippen LogP) is 2.48. The average Bonchev–Trinajstić information content (AvgIpc) is 2.03. The van der Waals surface area contributed by atoms with Gasteiger partial charge in [-0.2, -0.15) is 0 Å². The van der Waals surface area contributed by atoms with E-state index in [1.807, 2.05) is 12.3 Å². The van der Waals surface area contributed by atoms with Crippen molar-refractivity contribution in [1.82, 2.24) is 4.98 Å². The minimum Gasteiger partial charge on any atom is -0.264 e. The zero-order valence-electron chi connectivity index (χ0n) is 6.16. The first kappa shape index (κ1) is 8.75. The van der Waals surface area contributed by atoms with Crippen molar-refractivity contribution in [1.29, 1.82) is 0 Å². The second-order valence-corrected chi connectivity index (χ2v) is 4.80. The summed E-state index contributed by atoms with van der Waals surface area (Å²) in [5, 5.41) is 0. The third-order valence-corrected chi connectivity index (χ3v) is 2.45. The van der Waals surface area contributed by atoms with Crippen molar-refractivity contribution in [2.45, 2.75) is 6.42 Å². The van der Waals surface area contributed by atoms with E-state index in [4.69, 9.17) is 10.7 Å². The van der Waals surface area contributed by atoms with Crippen LogP contribution in [-0.2, 0) is 6.42 Å². The van der Waals surface area contributed by atoms with E-state index in [2.05, 4.69) is 16.9 Å². The molecule has 1 heterocycles. The van der Waals surface area contributed by atoms with Crippen molar-refractivity contribution in [2.75, 3.05) is 5.75 Å². The van der Waals surface area contributed by atoms with Crippen LogP contribution in [0.4, 0.5) is 0 Å². The van der Waals surface area contributed by atoms with Gasteiger partial charge in [0.25, 0.3) is 0 Å². The van der Waals surface area contributed by atoms with Gasteiger partial charge in [-0.15, -0.1) is 9.70 Å². The predicted molar refractivity (Wildman–Crippen MR) is 53.4 cm³/mol. The first-order chi connectivity index (χ1) is 5.29. The number of aryl methyl sites for hydroxylation is 1. The molecule has 0 fully saturated rings. The van der Waals surface area contributed by atoms with Crippen LogP contribution in [0.25, 0.3) is 0 Å². The van der Waals surface area contributed by atoms with E-state index in [0.29, 0.717) is 0 Å². The second-order valence-electron chi connectivity index (χ2n) is 2.24. The van der Waals surface area contributed by atoms with Crippen LogP contribution in [-0.4, -0.2) is 16.6 Å². The molecule has 1 aromatic rings. The Kier molecular flexibility index (Phi) is 3.60. The molecule has 60 valence electrons. The van der Waals surface area contributed by atoms with Crippen LogP contribution >= 0.6 is 20.4 Å². The summed E-state index contributed by atoms with van der Waals surface area (Å²) >= 11 is 0. The van der Waals surface area contributed by atoms with Gasteiger partial charge in [-0.25, -0.2) is 0 Å². The number of hydrogen-bond acceptors (Lipinski definition) is 1. The van der Waals surface area contributed by atoms with Crippen molar-refractivity contribution in [3.05, 3.63) is 30.1 Å². The van der Waals surface area contributed by atoms with Crippen LogP contribution in [0.5, 0.6) is 0 Å². The van der Waals surface area contributed by atoms with Crippen LogP contribution < -0.4 is 0 Å². The smallest absolute Gasteiger partial charge is 0.0300 e. The van der Waals surface area contributed by atoms with Crippen LogP contribution in [0, 0.1) is 0 Å². The molecular weight excluding hydrogens is 178 g/mol. The quantitative estimate of drug-likeness (QED) is 0.663. The Morgan fingerprint density at radius 3 is 3.00 bits per heavy atom. The Labute approximate surface area is 73.8 Å². The Morgan fingerprint density at radius 2 is 2.45 bits per heavy atom. The van der Waals surface area contributed by atoms with Crippen LogP contribution in [0.2, 0.25) is 0 Å². The summed E-state index contributed by atoms with van der Waals surface area (Å²) in [5.41, 5.74) is 1.23. The molecule has 0 aromatic carbocycles. The number of rotatable bonds is 3. The lowest BCUT2D eigenvalue weighted by molar-refractivity contribution is 1.12. The molecule has 3 heteroatoms. The van der Waals surface area contributed by atoms with Gasteiger partial charge in [-0.05, 0) is 18.1 Å². The van der Waals surface area contributed by atoms with Gasteiger partial charge in [0.05, 0.1) is 0 Å². The van der Waals surface area contributed by atoms with Crippen molar-refractivity contribution >= 4 is 26.3 Å². The van der Waals surface area contributed by atoms with Crippen LogP contribution in [0.3, 0.4) is 0 Å². The molecule has 0 saturated heterocycles. The highest BCUT2D eigenvalue weighted by Crippen LogP contribution is 2.16. The molecule has 1 rings (SSSR count). The van der Waals surface area contributed by atoms with Crippen LogP contribution in [0.15, 0.2) is 24.5 Å². The van der Waals surface area contributed by atoms with Gasteiger partial charge in [0.15, 0.2) is 0 Å². The molecule has 1 atom stereocenters. The molecule has 1 unspecified atom stereocenters. The van der Waals surface area contributed by atoms with E-state index >= 15 is 0 Å². The van der Waals surface area contributed by atoms with Gasteiger partial charge in [0.2, 0.25) is 0 Å². The third kappa shape index (κ3) is 3.54. The maximum absolute atomic E-state index is 5.72. The monoisotopic (exact) mass is 187 g/mol. The van der Waals surface area contributed by atoms with E-state index in [1.165, 1.54) is 5.56 Å². The molecule has 0 bridgehead atoms. The molecule has 0 aliphatic rings. The van der Waals surface area contributed by atoms with Crippen molar-refractivity contribution < 1.29 is 0 Å². The fourth-order valence-corrected chi connectivity index (χ4v) is 1.46. The molecule has 0 saturated carbocycles. The zero-order valence-corrected chi connectivity index (χ0v) is 7.74. The third-order valence-electron chi connectivity index (χ3n) is 1.34. The second kappa shape index (κ2) is 4.52. The molecule has 0 amide bonds. The maximum atomic E-state index is 5.72. The maximum Gasteiger partial charge on any atom is 0.0300 e. The number of halogens is 1. The number of nitrogens with zero attached hydrogens (tertiary/aromatic N) is 1. The summed E-state index contributed by atoms with van der Waals surface area (Å²) < 4.78 is 0. The zero-order chi connectivity index (χ0) is 8.10. The SMILES string of the molecule is C=S(Cl)CCc1cccnc1. The van der Waals surface area contributed by atoms with Gasteiger partial charge in [-0.3, -0.25) is 4.98 Å². The van der Waals surface area contributed by atoms with E-state index in [0.717, 1.165) is 12.2 Å². The normalized spacial score (nSPS) is 12.8. The highest BCUT2D eigenvalue weighted by molar-refractivity contribution is 8.33. The fourth-order valence-electron chi connectivity index (χ4n) is 0.775. The Balaban J connectivity index is 2.45. The largest absolute Gasteiger partial charge is 0.264 e. The molecule has 0 radical (unpaired) electrons. The summed E-state index contributed by atoms with van der Waals surface area (Å²) in [6.07, 6.45) is 4.61. The first-order valence-electron chi connectivity index (χ1n) is 3.35. The molecular formula is C8H10ClNS. The number of pyridine rings is 1. The molecule has 1 aromatic heterocycles. The minimum atomic E-state index is -0.222. The fraction of sp³-hybridized carbons (Fsp3) is 0.250. The molecule has 0 N–H and O–H groups in total. The van der Waals surface area contributed by atoms with Gasteiger partial charge in [-0.1, -0.05) is 22.6 Å². The number of aromatic nitrogens is 1. The van der Waals surface area contributed by atoms with Crippen LogP contribution in [0.1, 0.15) is 5.56 Å². The summed E-state index contributed by atoms with van der Waals surface area (Å²) in [5.74, 6) is 4.66. The minimum absolute atomic E-state index is 0.222. The molecule has 1 nitrogen and oxygen atoms in total. The Bertz CT molecular complexity index is 235. The Morgan fingerprint density at radius 1 is 1.64 bits per heavy atom. The van der Waals surface area contributed by atoms with Gasteiger partial charge in [0, 0.05) is 18.1 Å². The molecule has 11 heavy (non-hydrogen) atoms. The van der Waals surface area contributed by atoms with Gasteiger partial charge in [0.1, 0.15) is 0 Å². The summed E-state index contributed by atoms with van der Waals surface area (Å²) in [6.45, 7) is 0. The molecule has 0 spiro atoms. The summed E-state index contributed by atoms with van der Waals surface area (Å²) in [7, 11) is 5.50. The van der Waals surface area contributed by atoms with Crippen molar-refractivity contribution in [2.24, 2.45) is 0 Å². The van der Waals surface area contributed by atoms with Gasteiger partial charge < -0.3 is 0 Å². The molecule has 0 aliphatic carbocycles. The lowest BCUT2D eigenvalue weighted by Gasteiger charge is -1.97. The standard InChI is InChI=1S/C8H10ClNS/c1-11(9)6-4-8-3-2-5-10-7-8/h2-3,5,7H,1,4,6H2. The Hall–Kier alpha value is -0.340. The van der Waals surface area contributed by atoms with E-state index in [9.17, 15) is 0 Å². The highest BCUT2D eigenvalue weighted by atomic mass is 35.7. The lowest BCUT2D eigenvalue weighted by atomic mass is 10.2. The summed E-state index contributed by atoms with van der Waals surface area (Å²) in [6, 6.07) is 3.99. The summed E-state index contributed by atoms with van der Waals surface area (Å²) in [4.78, 5) is 4.00.